The molecule has 1 saturated heterocycles. The van der Waals surface area contributed by atoms with E-state index in [1.54, 1.807) is 0 Å². The molecule has 4 nitrogen and oxygen atoms in total. The fraction of sp³-hybridized carbons (Fsp3) is 0.625. The Morgan fingerprint density at radius 2 is 2.25 bits per heavy atom. The molecule has 0 N–H and O–H groups in total. The van der Waals surface area contributed by atoms with Crippen molar-refractivity contribution < 1.29 is 0 Å². The maximum Gasteiger partial charge on any atom is 0.160 e. The number of rotatable bonds is 4. The zero-order valence-electron chi connectivity index (χ0n) is 12.5. The molecule has 1 atom stereocenters. The summed E-state index contributed by atoms with van der Waals surface area (Å²) in [6.07, 6.45) is 8.00. The third-order valence-corrected chi connectivity index (χ3v) is 4.37. The SMILES string of the molecule is CCCc1nc2cccnc2n1CC1CCCCN1C. The number of fused-ring (bicyclic) bond motifs is 1. The summed E-state index contributed by atoms with van der Waals surface area (Å²) in [5, 5.41) is 0. The van der Waals surface area contributed by atoms with Gasteiger partial charge < -0.3 is 9.47 Å². The second-order valence-electron chi connectivity index (χ2n) is 5.86. The fourth-order valence-corrected chi connectivity index (χ4v) is 3.20. The highest BCUT2D eigenvalue weighted by Gasteiger charge is 2.21. The summed E-state index contributed by atoms with van der Waals surface area (Å²) in [7, 11) is 2.25. The molecule has 1 fully saturated rings. The van der Waals surface area contributed by atoms with Gasteiger partial charge in [-0.3, -0.25) is 0 Å². The lowest BCUT2D eigenvalue weighted by atomic mass is 10.0. The molecule has 1 aliphatic rings. The van der Waals surface area contributed by atoms with Crippen LogP contribution in [0.1, 0.15) is 38.4 Å². The van der Waals surface area contributed by atoms with Crippen molar-refractivity contribution in [2.75, 3.05) is 13.6 Å². The van der Waals surface area contributed by atoms with Crippen LogP contribution in [0.2, 0.25) is 0 Å². The van der Waals surface area contributed by atoms with Crippen molar-refractivity contribution >= 4 is 11.2 Å². The molecule has 2 aromatic rings. The fourth-order valence-electron chi connectivity index (χ4n) is 3.20. The van der Waals surface area contributed by atoms with E-state index >= 15 is 0 Å². The zero-order valence-corrected chi connectivity index (χ0v) is 12.5. The van der Waals surface area contributed by atoms with Gasteiger partial charge in [-0.1, -0.05) is 13.3 Å². The lowest BCUT2D eigenvalue weighted by Gasteiger charge is -2.33. The Balaban J connectivity index is 1.93. The Hall–Kier alpha value is -1.42. The lowest BCUT2D eigenvalue weighted by Crippen LogP contribution is -2.39. The first-order valence-corrected chi connectivity index (χ1v) is 7.80. The number of hydrogen-bond acceptors (Lipinski definition) is 3. The van der Waals surface area contributed by atoms with Crippen molar-refractivity contribution in [2.45, 2.75) is 51.6 Å². The van der Waals surface area contributed by atoms with Crippen molar-refractivity contribution in [1.29, 1.82) is 0 Å². The molecule has 0 saturated carbocycles. The highest BCUT2D eigenvalue weighted by Crippen LogP contribution is 2.21. The Morgan fingerprint density at radius 3 is 3.05 bits per heavy atom. The zero-order chi connectivity index (χ0) is 13.9. The van der Waals surface area contributed by atoms with Crippen LogP contribution < -0.4 is 0 Å². The summed E-state index contributed by atoms with van der Waals surface area (Å²) in [4.78, 5) is 11.8. The summed E-state index contributed by atoms with van der Waals surface area (Å²) < 4.78 is 2.35. The van der Waals surface area contributed by atoms with Crippen LogP contribution in [0.4, 0.5) is 0 Å². The Kier molecular flexibility index (Phi) is 4.01. The van der Waals surface area contributed by atoms with Crippen molar-refractivity contribution in [1.82, 2.24) is 19.4 Å². The molecule has 3 heterocycles. The monoisotopic (exact) mass is 272 g/mol. The number of imidazole rings is 1. The van der Waals surface area contributed by atoms with Crippen LogP contribution in [0, 0.1) is 0 Å². The molecule has 1 aliphatic heterocycles. The van der Waals surface area contributed by atoms with Crippen LogP contribution >= 0.6 is 0 Å². The van der Waals surface area contributed by atoms with Gasteiger partial charge in [0.2, 0.25) is 0 Å². The van der Waals surface area contributed by atoms with Crippen LogP contribution in [0.15, 0.2) is 18.3 Å². The van der Waals surface area contributed by atoms with Crippen LogP contribution in [0.3, 0.4) is 0 Å². The summed E-state index contributed by atoms with van der Waals surface area (Å²) in [6.45, 7) is 4.46. The van der Waals surface area contributed by atoms with Crippen LogP contribution in [-0.2, 0) is 13.0 Å². The Morgan fingerprint density at radius 1 is 1.35 bits per heavy atom. The molecule has 3 rings (SSSR count). The topological polar surface area (TPSA) is 34.0 Å². The summed E-state index contributed by atoms with van der Waals surface area (Å²) in [5.41, 5.74) is 2.09. The molecule has 0 amide bonds. The predicted octanol–water partition coefficient (Wildman–Crippen LogP) is 2.87. The van der Waals surface area contributed by atoms with Gasteiger partial charge in [-0.2, -0.15) is 0 Å². The third kappa shape index (κ3) is 2.57. The van der Waals surface area contributed by atoms with Crippen LogP contribution in [-0.4, -0.2) is 39.1 Å². The largest absolute Gasteiger partial charge is 0.311 e. The second kappa shape index (κ2) is 5.92. The minimum Gasteiger partial charge on any atom is -0.311 e. The summed E-state index contributed by atoms with van der Waals surface area (Å²) in [5.74, 6) is 1.19. The molecular weight excluding hydrogens is 248 g/mol. The molecule has 108 valence electrons. The Bertz CT molecular complexity index is 575. The van der Waals surface area contributed by atoms with Gasteiger partial charge >= 0.3 is 0 Å². The van der Waals surface area contributed by atoms with Crippen molar-refractivity contribution in [3.05, 3.63) is 24.2 Å². The molecule has 2 aromatic heterocycles. The molecule has 1 unspecified atom stereocenters. The van der Waals surface area contributed by atoms with Gasteiger partial charge in [0.15, 0.2) is 5.65 Å². The quantitative estimate of drug-likeness (QED) is 0.858. The molecule has 0 radical (unpaired) electrons. The van der Waals surface area contributed by atoms with E-state index in [0.717, 1.165) is 30.6 Å². The summed E-state index contributed by atoms with van der Waals surface area (Å²) >= 11 is 0. The first-order chi connectivity index (χ1) is 9.79. The average molecular weight is 272 g/mol. The van der Waals surface area contributed by atoms with Gasteiger partial charge in [0.25, 0.3) is 0 Å². The van der Waals surface area contributed by atoms with Crippen LogP contribution in [0.5, 0.6) is 0 Å². The number of aromatic nitrogens is 3. The number of likely N-dealkylation sites (N-methyl/N-ethyl adjacent to an activating group) is 1. The van der Waals surface area contributed by atoms with E-state index in [-0.39, 0.29) is 0 Å². The predicted molar refractivity (Wildman–Crippen MR) is 81.8 cm³/mol. The van der Waals surface area contributed by atoms with Gasteiger partial charge in [0.1, 0.15) is 11.3 Å². The second-order valence-corrected chi connectivity index (χ2v) is 5.86. The number of nitrogens with zero attached hydrogens (tertiary/aromatic N) is 4. The minimum absolute atomic E-state index is 0.624. The average Bonchev–Trinajstić information content (AvgIpc) is 2.80. The molecule has 0 bridgehead atoms. The van der Waals surface area contributed by atoms with E-state index in [1.807, 2.05) is 12.3 Å². The number of piperidine rings is 1. The molecule has 4 heteroatoms. The van der Waals surface area contributed by atoms with Gasteiger partial charge in [-0.05, 0) is 45.0 Å². The lowest BCUT2D eigenvalue weighted by molar-refractivity contribution is 0.167. The van der Waals surface area contributed by atoms with E-state index in [4.69, 9.17) is 4.98 Å². The van der Waals surface area contributed by atoms with Crippen molar-refractivity contribution in [3.8, 4) is 0 Å². The molecule has 20 heavy (non-hydrogen) atoms. The number of hydrogen-bond donors (Lipinski definition) is 0. The highest BCUT2D eigenvalue weighted by molar-refractivity contribution is 5.71. The Labute approximate surface area is 120 Å². The van der Waals surface area contributed by atoms with Crippen molar-refractivity contribution in [3.63, 3.8) is 0 Å². The first kappa shape index (κ1) is 13.6. The molecule has 0 aliphatic carbocycles. The molecular formula is C16H24N4. The van der Waals surface area contributed by atoms with E-state index in [9.17, 15) is 0 Å². The highest BCUT2D eigenvalue weighted by atomic mass is 15.2. The van der Waals surface area contributed by atoms with E-state index in [1.165, 1.54) is 31.6 Å². The number of pyridine rings is 1. The number of aryl methyl sites for hydroxylation is 1. The molecule has 0 aromatic carbocycles. The first-order valence-electron chi connectivity index (χ1n) is 7.80. The number of likely N-dealkylation sites (tertiary alicyclic amines) is 1. The van der Waals surface area contributed by atoms with Gasteiger partial charge in [-0.15, -0.1) is 0 Å². The standard InChI is InChI=1S/C16H24N4/c1-3-7-15-18-14-9-6-10-17-16(14)20(15)12-13-8-4-5-11-19(13)2/h6,9-10,13H,3-5,7-8,11-12H2,1-2H3. The van der Waals surface area contributed by atoms with Gasteiger partial charge in [0.05, 0.1) is 0 Å². The molecule has 0 spiro atoms. The van der Waals surface area contributed by atoms with Gasteiger partial charge in [-0.25, -0.2) is 9.97 Å². The van der Waals surface area contributed by atoms with E-state index in [2.05, 4.69) is 34.5 Å². The summed E-state index contributed by atoms with van der Waals surface area (Å²) in [6, 6.07) is 4.67. The smallest absolute Gasteiger partial charge is 0.160 e. The van der Waals surface area contributed by atoms with Gasteiger partial charge in [0, 0.05) is 25.2 Å². The van der Waals surface area contributed by atoms with E-state index in [0.29, 0.717) is 6.04 Å². The third-order valence-electron chi connectivity index (χ3n) is 4.37. The maximum atomic E-state index is 4.77. The maximum absolute atomic E-state index is 4.77. The van der Waals surface area contributed by atoms with E-state index < -0.39 is 0 Å². The normalized spacial score (nSPS) is 20.6. The van der Waals surface area contributed by atoms with Crippen molar-refractivity contribution in [2.24, 2.45) is 0 Å². The minimum atomic E-state index is 0.624. The van der Waals surface area contributed by atoms with Crippen LogP contribution in [0.25, 0.3) is 11.2 Å².